The van der Waals surface area contributed by atoms with Crippen molar-refractivity contribution < 1.29 is 18.3 Å². The Labute approximate surface area is 120 Å². The van der Waals surface area contributed by atoms with E-state index in [-0.39, 0.29) is 12.8 Å². The average molecular weight is 297 g/mol. The first-order valence-corrected chi connectivity index (χ1v) is 8.04. The van der Waals surface area contributed by atoms with Crippen molar-refractivity contribution in [1.82, 2.24) is 0 Å². The van der Waals surface area contributed by atoms with Crippen LogP contribution in [0.4, 0.5) is 5.69 Å². The van der Waals surface area contributed by atoms with Gasteiger partial charge in [-0.1, -0.05) is 31.8 Å². The zero-order valence-corrected chi connectivity index (χ0v) is 12.6. The highest BCUT2D eigenvalue weighted by Gasteiger charge is 2.01. The van der Waals surface area contributed by atoms with E-state index >= 15 is 0 Å². The highest BCUT2D eigenvalue weighted by atomic mass is 32.2. The van der Waals surface area contributed by atoms with Crippen LogP contribution in [0, 0.1) is 11.8 Å². The number of anilines is 1. The van der Waals surface area contributed by atoms with Gasteiger partial charge in [0.15, 0.2) is 0 Å². The number of hydrogen-bond acceptors (Lipinski definition) is 3. The molecule has 5 nitrogen and oxygen atoms in total. The second-order valence-corrected chi connectivity index (χ2v) is 5.40. The van der Waals surface area contributed by atoms with Crippen molar-refractivity contribution in [2.45, 2.75) is 26.7 Å². The Bertz CT molecular complexity index is 597. The summed E-state index contributed by atoms with van der Waals surface area (Å²) in [7, 11) is -3.31. The van der Waals surface area contributed by atoms with Crippen molar-refractivity contribution in [2.75, 3.05) is 11.0 Å². The van der Waals surface area contributed by atoms with Gasteiger partial charge in [0.25, 0.3) is 0 Å². The largest absolute Gasteiger partial charge is 0.481 e. The third-order valence-electron chi connectivity index (χ3n) is 1.86. The Morgan fingerprint density at radius 1 is 1.35 bits per heavy atom. The van der Waals surface area contributed by atoms with Crippen molar-refractivity contribution >= 4 is 21.7 Å². The van der Waals surface area contributed by atoms with Crippen molar-refractivity contribution in [1.29, 1.82) is 0 Å². The summed E-state index contributed by atoms with van der Waals surface area (Å²) < 4.78 is 24.4. The first kappa shape index (κ1) is 18.0. The molecule has 6 heteroatoms. The molecule has 110 valence electrons. The SMILES string of the molecule is CC.CS(=O)(=O)Nc1cccc(C#CCCC(=O)O)c1. The predicted molar refractivity (Wildman–Crippen MR) is 80.0 cm³/mol. The molecule has 0 aromatic heterocycles. The normalized spacial score (nSPS) is 9.55. The summed E-state index contributed by atoms with van der Waals surface area (Å²) in [4.78, 5) is 10.3. The molecule has 1 aromatic carbocycles. The number of carbonyl (C=O) groups is 1. The second kappa shape index (κ2) is 8.99. The number of aliphatic carboxylic acids is 1. The summed E-state index contributed by atoms with van der Waals surface area (Å²) in [6, 6.07) is 6.61. The minimum absolute atomic E-state index is 0.00567. The van der Waals surface area contributed by atoms with Crippen LogP contribution in [0.15, 0.2) is 24.3 Å². The van der Waals surface area contributed by atoms with Crippen LogP contribution in [0.5, 0.6) is 0 Å². The Hall–Kier alpha value is -2.00. The highest BCUT2D eigenvalue weighted by Crippen LogP contribution is 2.11. The molecule has 0 spiro atoms. The molecule has 1 aromatic rings. The molecule has 20 heavy (non-hydrogen) atoms. The van der Waals surface area contributed by atoms with Gasteiger partial charge in [-0.05, 0) is 18.2 Å². The third kappa shape index (κ3) is 9.00. The molecule has 0 saturated heterocycles. The molecule has 0 atom stereocenters. The van der Waals surface area contributed by atoms with E-state index in [4.69, 9.17) is 5.11 Å². The van der Waals surface area contributed by atoms with Gasteiger partial charge in [0.05, 0.1) is 12.7 Å². The number of rotatable bonds is 4. The molecule has 0 aliphatic heterocycles. The van der Waals surface area contributed by atoms with Gasteiger partial charge in [-0.3, -0.25) is 9.52 Å². The molecule has 0 heterocycles. The zero-order valence-electron chi connectivity index (χ0n) is 11.8. The summed E-state index contributed by atoms with van der Waals surface area (Å²) in [6.45, 7) is 4.00. The first-order chi connectivity index (χ1) is 9.37. The molecule has 0 saturated carbocycles. The van der Waals surface area contributed by atoms with Crippen LogP contribution in [0.1, 0.15) is 32.3 Å². The maximum absolute atomic E-state index is 11.0. The van der Waals surface area contributed by atoms with E-state index in [2.05, 4.69) is 16.6 Å². The van der Waals surface area contributed by atoms with Gasteiger partial charge in [-0.25, -0.2) is 8.42 Å². The molecule has 0 radical (unpaired) electrons. The molecule has 0 aliphatic carbocycles. The lowest BCUT2D eigenvalue weighted by Crippen LogP contribution is -2.09. The van der Waals surface area contributed by atoms with Crippen LogP contribution in [0.3, 0.4) is 0 Å². The van der Waals surface area contributed by atoms with Crippen LogP contribution >= 0.6 is 0 Å². The van der Waals surface area contributed by atoms with Gasteiger partial charge in [0.1, 0.15) is 0 Å². The monoisotopic (exact) mass is 297 g/mol. The Morgan fingerprint density at radius 3 is 2.55 bits per heavy atom. The van der Waals surface area contributed by atoms with Gasteiger partial charge >= 0.3 is 5.97 Å². The number of carboxylic acid groups (broad SMARTS) is 1. The van der Waals surface area contributed by atoms with Crippen LogP contribution in [-0.4, -0.2) is 25.7 Å². The third-order valence-corrected chi connectivity index (χ3v) is 2.47. The van der Waals surface area contributed by atoms with Gasteiger partial charge in [-0.2, -0.15) is 0 Å². The lowest BCUT2D eigenvalue weighted by molar-refractivity contribution is -0.136. The molecule has 0 amide bonds. The topological polar surface area (TPSA) is 83.5 Å². The van der Waals surface area contributed by atoms with E-state index in [1.807, 2.05) is 13.8 Å². The predicted octanol–water partition coefficient (Wildman–Crippen LogP) is 2.30. The smallest absolute Gasteiger partial charge is 0.304 e. The average Bonchev–Trinajstić information content (AvgIpc) is 2.35. The lowest BCUT2D eigenvalue weighted by Gasteiger charge is -2.03. The number of nitrogens with one attached hydrogen (secondary N) is 1. The molecular weight excluding hydrogens is 278 g/mol. The van der Waals surface area contributed by atoms with Gasteiger partial charge in [0.2, 0.25) is 10.0 Å². The zero-order chi connectivity index (χ0) is 15.6. The molecule has 0 unspecified atom stereocenters. The molecule has 0 bridgehead atoms. The molecular formula is C14H19NO4S. The fourth-order valence-electron chi connectivity index (χ4n) is 1.21. The van der Waals surface area contributed by atoms with Gasteiger partial charge in [0, 0.05) is 17.7 Å². The van der Waals surface area contributed by atoms with Crippen molar-refractivity contribution in [2.24, 2.45) is 0 Å². The summed E-state index contributed by atoms with van der Waals surface area (Å²) in [5.74, 6) is 4.60. The lowest BCUT2D eigenvalue weighted by atomic mass is 10.2. The fourth-order valence-corrected chi connectivity index (χ4v) is 1.76. The maximum atomic E-state index is 11.0. The number of sulfonamides is 1. The summed E-state index contributed by atoms with van der Waals surface area (Å²) in [6.07, 6.45) is 1.32. The highest BCUT2D eigenvalue weighted by molar-refractivity contribution is 7.92. The fraction of sp³-hybridized carbons (Fsp3) is 0.357. The Morgan fingerprint density at radius 2 is 2.00 bits per heavy atom. The van der Waals surface area contributed by atoms with Crippen molar-refractivity contribution in [3.05, 3.63) is 29.8 Å². The van der Waals surface area contributed by atoms with Crippen LogP contribution in [-0.2, 0) is 14.8 Å². The standard InChI is InChI=1S/C12H13NO4S.C2H6/c1-18(16,17)13-11-7-4-6-10(9-11)5-2-3-8-12(14)15;1-2/h4,6-7,9,13H,3,8H2,1H3,(H,14,15);1-2H3. The molecule has 2 N–H and O–H groups in total. The minimum atomic E-state index is -3.31. The number of hydrogen-bond donors (Lipinski definition) is 2. The van der Waals surface area contributed by atoms with E-state index in [0.29, 0.717) is 11.3 Å². The van der Waals surface area contributed by atoms with Crippen LogP contribution in [0.2, 0.25) is 0 Å². The van der Waals surface area contributed by atoms with Gasteiger partial charge in [-0.15, -0.1) is 0 Å². The van der Waals surface area contributed by atoms with E-state index in [9.17, 15) is 13.2 Å². The summed E-state index contributed by atoms with van der Waals surface area (Å²) >= 11 is 0. The van der Waals surface area contributed by atoms with E-state index in [0.717, 1.165) is 6.26 Å². The maximum Gasteiger partial charge on any atom is 0.304 e. The molecule has 0 fully saturated rings. The van der Waals surface area contributed by atoms with Crippen LogP contribution in [0.25, 0.3) is 0 Å². The quantitative estimate of drug-likeness (QED) is 0.835. The Balaban J connectivity index is 0.00000172. The minimum Gasteiger partial charge on any atom is -0.481 e. The molecule has 0 aliphatic rings. The van der Waals surface area contributed by atoms with E-state index in [1.54, 1.807) is 24.3 Å². The van der Waals surface area contributed by atoms with Crippen LogP contribution < -0.4 is 4.72 Å². The summed E-state index contributed by atoms with van der Waals surface area (Å²) in [5.41, 5.74) is 1.07. The summed E-state index contributed by atoms with van der Waals surface area (Å²) in [5, 5.41) is 8.44. The first-order valence-electron chi connectivity index (χ1n) is 6.15. The number of benzene rings is 1. The van der Waals surface area contributed by atoms with Crippen molar-refractivity contribution in [3.8, 4) is 11.8 Å². The van der Waals surface area contributed by atoms with Crippen molar-refractivity contribution in [3.63, 3.8) is 0 Å². The Kier molecular flexibility index (Phi) is 8.09. The van der Waals surface area contributed by atoms with E-state index < -0.39 is 16.0 Å². The van der Waals surface area contributed by atoms with Gasteiger partial charge < -0.3 is 5.11 Å². The second-order valence-electron chi connectivity index (χ2n) is 3.65. The molecule has 1 rings (SSSR count). The van der Waals surface area contributed by atoms with E-state index in [1.165, 1.54) is 0 Å². The number of carboxylic acids is 1.